The minimum Gasteiger partial charge on any atom is -0.354 e. The topological polar surface area (TPSA) is 57.5 Å². The largest absolute Gasteiger partial charge is 0.354 e. The number of nitrogens with one attached hydrogen (secondary N) is 2. The van der Waals surface area contributed by atoms with Crippen LogP contribution in [0.4, 0.5) is 0 Å². The van der Waals surface area contributed by atoms with E-state index in [-0.39, 0.29) is 24.0 Å². The zero-order chi connectivity index (χ0) is 18.9. The van der Waals surface area contributed by atoms with Gasteiger partial charge in [-0.3, -0.25) is 4.99 Å². The Balaban J connectivity index is 0.00000280. The summed E-state index contributed by atoms with van der Waals surface area (Å²) in [7, 11) is 1.84. The number of imidazole rings is 1. The van der Waals surface area contributed by atoms with Gasteiger partial charge in [0.2, 0.25) is 0 Å². The Labute approximate surface area is 185 Å². The predicted octanol–water partition coefficient (Wildman–Crippen LogP) is 3.09. The number of likely N-dealkylation sites (tertiary alicyclic amines) is 1. The summed E-state index contributed by atoms with van der Waals surface area (Å²) in [5, 5.41) is 7.05. The van der Waals surface area contributed by atoms with Gasteiger partial charge >= 0.3 is 0 Å². The first-order valence-electron chi connectivity index (χ1n) is 10.00. The third kappa shape index (κ3) is 7.09. The van der Waals surface area contributed by atoms with Gasteiger partial charge in [0, 0.05) is 51.7 Å². The molecule has 1 saturated heterocycles. The molecule has 0 radical (unpaired) electrons. The number of hydrogen-bond donors (Lipinski definition) is 2. The number of piperidine rings is 1. The average molecular weight is 496 g/mol. The molecule has 0 saturated carbocycles. The molecule has 154 valence electrons. The Kier molecular flexibility index (Phi) is 9.77. The van der Waals surface area contributed by atoms with Gasteiger partial charge in [-0.15, -0.1) is 24.0 Å². The number of rotatable bonds is 7. The number of hydrogen-bond acceptors (Lipinski definition) is 3. The third-order valence-electron chi connectivity index (χ3n) is 5.07. The summed E-state index contributed by atoms with van der Waals surface area (Å²) in [4.78, 5) is 11.1. The molecule has 0 aliphatic carbocycles. The first-order valence-corrected chi connectivity index (χ1v) is 10.00. The molecule has 28 heavy (non-hydrogen) atoms. The van der Waals surface area contributed by atoms with E-state index in [9.17, 15) is 0 Å². The van der Waals surface area contributed by atoms with Crippen LogP contribution in [0.3, 0.4) is 0 Å². The lowest BCUT2D eigenvalue weighted by Crippen LogP contribution is -2.48. The fourth-order valence-electron chi connectivity index (χ4n) is 3.62. The van der Waals surface area contributed by atoms with E-state index >= 15 is 0 Å². The van der Waals surface area contributed by atoms with E-state index < -0.39 is 0 Å². The Hall–Kier alpha value is -1.61. The van der Waals surface area contributed by atoms with Gasteiger partial charge in [0.25, 0.3) is 0 Å². The van der Waals surface area contributed by atoms with Crippen LogP contribution < -0.4 is 10.6 Å². The summed E-state index contributed by atoms with van der Waals surface area (Å²) in [6, 6.07) is 9.17. The second kappa shape index (κ2) is 12.1. The van der Waals surface area contributed by atoms with Gasteiger partial charge < -0.3 is 20.1 Å². The molecule has 0 bridgehead atoms. The zero-order valence-electron chi connectivity index (χ0n) is 17.0. The van der Waals surface area contributed by atoms with Gasteiger partial charge in [0.05, 0.1) is 6.33 Å². The van der Waals surface area contributed by atoms with Crippen molar-refractivity contribution in [2.45, 2.75) is 45.3 Å². The lowest BCUT2D eigenvalue weighted by Gasteiger charge is -2.32. The van der Waals surface area contributed by atoms with Crippen LogP contribution in [0, 0.1) is 0 Å². The van der Waals surface area contributed by atoms with Gasteiger partial charge in [-0.25, -0.2) is 4.98 Å². The van der Waals surface area contributed by atoms with Crippen LogP contribution in [-0.2, 0) is 13.1 Å². The molecule has 1 aliphatic rings. The Bertz CT molecular complexity index is 707. The first kappa shape index (κ1) is 22.7. The molecule has 0 spiro atoms. The minimum atomic E-state index is 0. The smallest absolute Gasteiger partial charge is 0.191 e. The van der Waals surface area contributed by atoms with Crippen molar-refractivity contribution in [2.24, 2.45) is 4.99 Å². The van der Waals surface area contributed by atoms with Crippen molar-refractivity contribution >= 4 is 29.9 Å². The van der Waals surface area contributed by atoms with Crippen molar-refractivity contribution in [3.63, 3.8) is 0 Å². The van der Waals surface area contributed by atoms with Crippen LogP contribution in [0.2, 0.25) is 0 Å². The molecule has 2 heterocycles. The Morgan fingerprint density at radius 1 is 1.25 bits per heavy atom. The number of halogens is 1. The van der Waals surface area contributed by atoms with Crippen LogP contribution in [0.5, 0.6) is 0 Å². The highest BCUT2D eigenvalue weighted by Crippen LogP contribution is 2.11. The highest BCUT2D eigenvalue weighted by Gasteiger charge is 2.19. The molecule has 0 unspecified atom stereocenters. The van der Waals surface area contributed by atoms with Crippen molar-refractivity contribution in [1.29, 1.82) is 0 Å². The fourth-order valence-corrected chi connectivity index (χ4v) is 3.62. The lowest BCUT2D eigenvalue weighted by atomic mass is 10.1. The molecule has 2 N–H and O–H groups in total. The number of benzene rings is 1. The average Bonchev–Trinajstić information content (AvgIpc) is 3.20. The monoisotopic (exact) mass is 496 g/mol. The summed E-state index contributed by atoms with van der Waals surface area (Å²) in [6.45, 7) is 7.44. The van der Waals surface area contributed by atoms with E-state index in [2.05, 4.69) is 61.3 Å². The molecule has 6 nitrogen and oxygen atoms in total. The van der Waals surface area contributed by atoms with E-state index in [1.54, 1.807) is 0 Å². The van der Waals surface area contributed by atoms with Gasteiger partial charge in [0.1, 0.15) is 0 Å². The minimum absolute atomic E-state index is 0. The molecule has 7 heteroatoms. The maximum atomic E-state index is 4.40. The van der Waals surface area contributed by atoms with Gasteiger partial charge in [-0.1, -0.05) is 31.2 Å². The number of guanidine groups is 1. The summed E-state index contributed by atoms with van der Waals surface area (Å²) >= 11 is 0. The predicted molar refractivity (Wildman–Crippen MR) is 126 cm³/mol. The summed E-state index contributed by atoms with van der Waals surface area (Å²) in [5.74, 6) is 0.893. The van der Waals surface area contributed by atoms with Crippen molar-refractivity contribution in [3.05, 3.63) is 54.1 Å². The number of nitrogens with zero attached hydrogens (tertiary/aromatic N) is 4. The number of aliphatic imine (C=N–C) groups is 1. The number of aromatic nitrogens is 2. The highest BCUT2D eigenvalue weighted by molar-refractivity contribution is 14.0. The molecular weight excluding hydrogens is 463 g/mol. The standard InChI is InChI=1S/C21H32N6.HI/c1-3-10-26-11-7-20(8-12-26)25-21(22-2)24-15-18-5-4-6-19(14-18)16-27-13-9-23-17-27;/h4-6,9,13-14,17,20H,3,7-8,10-12,15-16H2,1-2H3,(H2,22,24,25);1H. The summed E-state index contributed by atoms with van der Waals surface area (Å²) < 4.78 is 2.08. The molecule has 3 rings (SSSR count). The van der Waals surface area contributed by atoms with Crippen molar-refractivity contribution in [2.75, 3.05) is 26.7 Å². The zero-order valence-corrected chi connectivity index (χ0v) is 19.3. The molecular formula is C21H33IN6. The highest BCUT2D eigenvalue weighted by atomic mass is 127. The van der Waals surface area contributed by atoms with Crippen LogP contribution in [0.15, 0.2) is 48.0 Å². The summed E-state index contributed by atoms with van der Waals surface area (Å²) in [5.41, 5.74) is 2.53. The second-order valence-electron chi connectivity index (χ2n) is 7.24. The maximum Gasteiger partial charge on any atom is 0.191 e. The fraction of sp³-hybridized carbons (Fsp3) is 0.524. The van der Waals surface area contributed by atoms with Gasteiger partial charge in [-0.05, 0) is 36.9 Å². The maximum absolute atomic E-state index is 4.40. The quantitative estimate of drug-likeness (QED) is 0.352. The van der Waals surface area contributed by atoms with Gasteiger partial charge in [0.15, 0.2) is 5.96 Å². The normalized spacial score (nSPS) is 15.9. The summed E-state index contributed by atoms with van der Waals surface area (Å²) in [6.07, 6.45) is 9.25. The molecule has 1 aromatic heterocycles. The third-order valence-corrected chi connectivity index (χ3v) is 5.07. The Morgan fingerprint density at radius 2 is 2.04 bits per heavy atom. The molecule has 2 aromatic rings. The van der Waals surface area contributed by atoms with Crippen molar-refractivity contribution in [3.8, 4) is 0 Å². The lowest BCUT2D eigenvalue weighted by molar-refractivity contribution is 0.206. The molecule has 1 aliphatic heterocycles. The van der Waals surface area contributed by atoms with Crippen LogP contribution in [0.25, 0.3) is 0 Å². The van der Waals surface area contributed by atoms with Crippen molar-refractivity contribution < 1.29 is 0 Å². The SMILES string of the molecule is CCCN1CCC(NC(=NC)NCc2cccc(Cn3ccnc3)c2)CC1.I. The molecule has 0 atom stereocenters. The van der Waals surface area contributed by atoms with E-state index in [4.69, 9.17) is 0 Å². The van der Waals surface area contributed by atoms with Crippen LogP contribution in [-0.4, -0.2) is 53.1 Å². The second-order valence-corrected chi connectivity index (χ2v) is 7.24. The van der Waals surface area contributed by atoms with Gasteiger partial charge in [-0.2, -0.15) is 0 Å². The van der Waals surface area contributed by atoms with E-state index in [0.29, 0.717) is 6.04 Å². The van der Waals surface area contributed by atoms with Crippen LogP contribution >= 0.6 is 24.0 Å². The van der Waals surface area contributed by atoms with Crippen molar-refractivity contribution in [1.82, 2.24) is 25.1 Å². The Morgan fingerprint density at radius 3 is 2.71 bits per heavy atom. The van der Waals surface area contributed by atoms with Crippen LogP contribution in [0.1, 0.15) is 37.3 Å². The molecule has 1 aromatic carbocycles. The molecule has 0 amide bonds. The van der Waals surface area contributed by atoms with E-state index in [0.717, 1.165) is 19.0 Å². The van der Waals surface area contributed by atoms with E-state index in [1.165, 1.54) is 50.0 Å². The first-order chi connectivity index (χ1) is 13.3. The van der Waals surface area contributed by atoms with E-state index in [1.807, 2.05) is 25.8 Å². The molecule has 1 fully saturated rings.